The number of halogens is 1. The summed E-state index contributed by atoms with van der Waals surface area (Å²) in [6.45, 7) is 14.5. The average Bonchev–Trinajstić information content (AvgIpc) is 4.31. The van der Waals surface area contributed by atoms with Crippen molar-refractivity contribution >= 4 is 99.0 Å². The summed E-state index contributed by atoms with van der Waals surface area (Å²) in [6, 6.07) is 9.41. The molecule has 5 aromatic rings. The number of thiophene rings is 2. The van der Waals surface area contributed by atoms with Crippen molar-refractivity contribution in [3.63, 3.8) is 0 Å². The Morgan fingerprint density at radius 3 is 2.24 bits per heavy atom. The molecule has 24 heteroatoms. The van der Waals surface area contributed by atoms with Gasteiger partial charge < -0.3 is 42.5 Å². The number of benzene rings is 2. The zero-order chi connectivity index (χ0) is 57.0. The van der Waals surface area contributed by atoms with E-state index in [9.17, 15) is 38.4 Å². The fraction of sp³-hybridized carbons (Fsp3) is 0.436. The van der Waals surface area contributed by atoms with Crippen molar-refractivity contribution in [1.82, 2.24) is 51.6 Å². The van der Waals surface area contributed by atoms with Crippen LogP contribution in [0.4, 0.5) is 0 Å². The lowest BCUT2D eigenvalue weighted by atomic mass is 9.85. The predicted octanol–water partition coefficient (Wildman–Crippen LogP) is 4.68. The van der Waals surface area contributed by atoms with E-state index in [-0.39, 0.29) is 49.8 Å². The number of amides is 8. The minimum atomic E-state index is -1.40. The molecule has 0 radical (unpaired) electrons. The standard InChI is InChI=1S/C55H65ClN12O8S3/c1-27-21-39-51(74)64-45(33-9-11-34(12-10-33)46-28(2)18-20-78-46)52(75)59-23-41(70)60-36(50(73)62-38(48(57)72)25-77-26-42(71)63-47(55(6,7)8)53(76)67(39)24-27)17-19-58-40(69)22-37-49-66-65-31(5)68(49)54-43(29(3)30(4)79-54)44(61-37)32-13-15-35(56)16-14-32/h9-16,18,20,27,36-39,45,47H,17,19,21-26H2,1-8H3,(H2,57,72)(H,58,69)(H,59,75)(H,60,70)(H,62,73)(H,63,71)(H,64,74)/t27-,36-,37+,38-,39+,45-,47-/m1/s1. The van der Waals surface area contributed by atoms with Crippen LogP contribution in [-0.2, 0) is 38.4 Å². The van der Waals surface area contributed by atoms with Gasteiger partial charge in [-0.05, 0) is 97.7 Å². The van der Waals surface area contributed by atoms with E-state index >= 15 is 0 Å². The molecule has 0 bridgehead atoms. The van der Waals surface area contributed by atoms with Gasteiger partial charge in [-0.15, -0.1) is 44.6 Å². The first-order valence-electron chi connectivity index (χ1n) is 25.9. The molecule has 0 unspecified atom stereocenters. The van der Waals surface area contributed by atoms with E-state index in [0.717, 1.165) is 54.3 Å². The first kappa shape index (κ1) is 58.2. The Hall–Kier alpha value is -6.95. The third-order valence-corrected chi connectivity index (χ3v) is 17.7. The molecule has 3 aromatic heterocycles. The van der Waals surface area contributed by atoms with Crippen LogP contribution in [0, 0.1) is 39.0 Å². The number of aromatic nitrogens is 3. The van der Waals surface area contributed by atoms with Gasteiger partial charge >= 0.3 is 0 Å². The number of primary amides is 1. The highest BCUT2D eigenvalue weighted by Crippen LogP contribution is 2.40. The number of hydrogen-bond acceptors (Lipinski definition) is 14. The molecule has 2 fully saturated rings. The molecule has 0 spiro atoms. The van der Waals surface area contributed by atoms with E-state index in [1.54, 1.807) is 67.7 Å². The summed E-state index contributed by atoms with van der Waals surface area (Å²) in [4.78, 5) is 121. The molecule has 2 saturated heterocycles. The number of aliphatic imine (C=N–C) groups is 1. The summed E-state index contributed by atoms with van der Waals surface area (Å²) in [6.07, 6.45) is -0.0932. The molecular formula is C55H65ClN12O8S3. The largest absolute Gasteiger partial charge is 0.368 e. The summed E-state index contributed by atoms with van der Waals surface area (Å²) in [7, 11) is 0. The number of thioether (sulfide) groups is 1. The summed E-state index contributed by atoms with van der Waals surface area (Å²) < 4.78 is 1.92. The van der Waals surface area contributed by atoms with Crippen LogP contribution < -0.4 is 37.6 Å². The summed E-state index contributed by atoms with van der Waals surface area (Å²) >= 11 is 10.4. The fourth-order valence-electron chi connectivity index (χ4n) is 9.85. The third-order valence-electron chi connectivity index (χ3n) is 14.2. The summed E-state index contributed by atoms with van der Waals surface area (Å²) in [5, 5.41) is 28.6. The maximum Gasteiger partial charge on any atom is 0.247 e. The Kier molecular flexibility index (Phi) is 18.1. The molecule has 418 valence electrons. The maximum absolute atomic E-state index is 14.5. The molecule has 0 saturated carbocycles. The van der Waals surface area contributed by atoms with Gasteiger partial charge in [0.15, 0.2) is 5.82 Å². The lowest BCUT2D eigenvalue weighted by molar-refractivity contribution is -0.144. The Morgan fingerprint density at radius 2 is 1.57 bits per heavy atom. The monoisotopic (exact) mass is 1150 g/mol. The molecule has 0 aliphatic carbocycles. The highest BCUT2D eigenvalue weighted by atomic mass is 35.5. The van der Waals surface area contributed by atoms with Gasteiger partial charge in [0.1, 0.15) is 47.1 Å². The summed E-state index contributed by atoms with van der Waals surface area (Å²) in [5.74, 6) is -4.87. The third kappa shape index (κ3) is 13.4. The smallest absolute Gasteiger partial charge is 0.247 e. The van der Waals surface area contributed by atoms with Gasteiger partial charge in [-0.2, -0.15) is 0 Å². The molecule has 3 aliphatic rings. The number of nitrogens with zero attached hydrogens (tertiary/aromatic N) is 5. The van der Waals surface area contributed by atoms with Crippen molar-refractivity contribution in [2.75, 3.05) is 31.1 Å². The van der Waals surface area contributed by atoms with Crippen LogP contribution in [0.2, 0.25) is 5.02 Å². The van der Waals surface area contributed by atoms with Gasteiger partial charge in [-0.3, -0.25) is 47.9 Å². The van der Waals surface area contributed by atoms with Crippen LogP contribution in [0.25, 0.3) is 15.4 Å². The number of rotatable bonds is 9. The van der Waals surface area contributed by atoms with Gasteiger partial charge in [-0.25, -0.2) is 0 Å². The van der Waals surface area contributed by atoms with Crippen LogP contribution >= 0.6 is 46.0 Å². The van der Waals surface area contributed by atoms with Crippen LogP contribution in [0.5, 0.6) is 0 Å². The topological polar surface area (TPSA) is 281 Å². The number of nitrogens with one attached hydrogen (secondary N) is 6. The highest BCUT2D eigenvalue weighted by molar-refractivity contribution is 8.00. The molecular weight excluding hydrogens is 1090 g/mol. The van der Waals surface area contributed by atoms with E-state index in [2.05, 4.69) is 42.1 Å². The van der Waals surface area contributed by atoms with E-state index in [4.69, 9.17) is 22.3 Å². The minimum Gasteiger partial charge on any atom is -0.368 e. The normalized spacial score (nSPS) is 22.8. The Bertz CT molecular complexity index is 3200. The Labute approximate surface area is 475 Å². The van der Waals surface area contributed by atoms with Gasteiger partial charge in [-0.1, -0.05) is 75.7 Å². The maximum atomic E-state index is 14.5. The van der Waals surface area contributed by atoms with Gasteiger partial charge in [0.05, 0.1) is 24.4 Å². The molecule has 3 aliphatic heterocycles. The quantitative estimate of drug-likeness (QED) is 0.106. The SMILES string of the molecule is Cc1ccsc1-c1ccc([C@H]2NC(=O)[C@@H]3C[C@@H](C)CN3C(=O)[C@H](C(C)(C)C)NC(=O)CSC[C@H](C(N)=O)NC(=O)[C@@H](CCNC(=O)C[C@@H]3N=C(c4ccc(Cl)cc4)c4c(sc(C)c4C)-n4c(C)nnc43)NC(=O)CNC2=O)cc1. The molecule has 7 atom stereocenters. The summed E-state index contributed by atoms with van der Waals surface area (Å²) in [5.41, 5.74) is 10.7. The zero-order valence-electron chi connectivity index (χ0n) is 45.2. The second-order valence-electron chi connectivity index (χ2n) is 21.3. The molecule has 2 aromatic carbocycles. The second-order valence-corrected chi connectivity index (χ2v) is 24.9. The molecule has 8 N–H and O–H groups in total. The number of nitrogens with two attached hydrogens (primary N) is 1. The number of fused-ring (bicyclic) bond motifs is 4. The van der Waals surface area contributed by atoms with Crippen molar-refractivity contribution in [1.29, 1.82) is 0 Å². The lowest BCUT2D eigenvalue weighted by Crippen LogP contribution is -2.58. The fourth-order valence-corrected chi connectivity index (χ4v) is 13.0. The van der Waals surface area contributed by atoms with Gasteiger partial charge in [0.2, 0.25) is 47.3 Å². The number of carbonyl (C=O) groups excluding carboxylic acids is 8. The van der Waals surface area contributed by atoms with Gasteiger partial charge in [0.25, 0.3) is 0 Å². The first-order valence-corrected chi connectivity index (χ1v) is 29.1. The minimum absolute atomic E-state index is 0.107. The number of hydrogen-bond donors (Lipinski definition) is 7. The van der Waals surface area contributed by atoms with Crippen LogP contribution in [-0.4, -0.2) is 128 Å². The van der Waals surface area contributed by atoms with E-state index in [1.807, 2.05) is 74.9 Å². The molecule has 79 heavy (non-hydrogen) atoms. The van der Waals surface area contributed by atoms with Crippen molar-refractivity contribution in [3.8, 4) is 15.4 Å². The molecule has 20 nitrogen and oxygen atoms in total. The Morgan fingerprint density at radius 1 is 0.861 bits per heavy atom. The van der Waals surface area contributed by atoms with E-state index in [0.29, 0.717) is 27.9 Å². The average molecular weight is 1150 g/mol. The highest BCUT2D eigenvalue weighted by Gasteiger charge is 2.45. The van der Waals surface area contributed by atoms with Crippen molar-refractivity contribution in [2.24, 2.45) is 22.1 Å². The van der Waals surface area contributed by atoms with Crippen LogP contribution in [0.15, 0.2) is 65.0 Å². The van der Waals surface area contributed by atoms with Crippen molar-refractivity contribution in [2.45, 2.75) is 111 Å². The number of carbonyl (C=O) groups is 8. The molecule has 8 amide bonds. The van der Waals surface area contributed by atoms with Crippen molar-refractivity contribution < 1.29 is 38.4 Å². The van der Waals surface area contributed by atoms with E-state index < -0.39 is 95.5 Å². The van der Waals surface area contributed by atoms with E-state index in [1.165, 1.54) is 4.90 Å². The lowest BCUT2D eigenvalue weighted by Gasteiger charge is -2.35. The van der Waals surface area contributed by atoms with Crippen LogP contribution in [0.1, 0.15) is 103 Å². The molecule has 8 rings (SSSR count). The first-order chi connectivity index (χ1) is 37.5. The zero-order valence-corrected chi connectivity index (χ0v) is 48.4. The second kappa shape index (κ2) is 24.6. The predicted molar refractivity (Wildman–Crippen MR) is 305 cm³/mol. The van der Waals surface area contributed by atoms with Crippen molar-refractivity contribution in [3.05, 3.63) is 109 Å². The van der Waals surface area contributed by atoms with Crippen LogP contribution in [0.3, 0.4) is 0 Å². The number of aryl methyl sites for hydroxylation is 3. The molecule has 6 heterocycles. The van der Waals surface area contributed by atoms with Gasteiger partial charge in [0, 0.05) is 44.7 Å². The Balaban J connectivity index is 1.05.